The van der Waals surface area contributed by atoms with Crippen LogP contribution in [0.3, 0.4) is 0 Å². The maximum atomic E-state index is 14.0. The van der Waals surface area contributed by atoms with Gasteiger partial charge in [-0.25, -0.2) is 14.4 Å². The van der Waals surface area contributed by atoms with Gasteiger partial charge in [0, 0.05) is 57.6 Å². The third-order valence-corrected chi connectivity index (χ3v) is 5.46. The van der Waals surface area contributed by atoms with Crippen LogP contribution in [0.5, 0.6) is 0 Å². The third-order valence-electron chi connectivity index (χ3n) is 5.46. The van der Waals surface area contributed by atoms with Crippen molar-refractivity contribution in [1.82, 2.24) is 14.9 Å². The van der Waals surface area contributed by atoms with Crippen LogP contribution >= 0.6 is 0 Å². The maximum absolute atomic E-state index is 14.0. The van der Waals surface area contributed by atoms with Gasteiger partial charge in [-0.3, -0.25) is 4.79 Å². The second kappa shape index (κ2) is 7.90. The molecule has 4 rings (SSSR count). The summed E-state index contributed by atoms with van der Waals surface area (Å²) in [4.78, 5) is 27.6. The summed E-state index contributed by atoms with van der Waals surface area (Å²) in [7, 11) is 0. The summed E-state index contributed by atoms with van der Waals surface area (Å²) in [5, 5.41) is 0. The Balaban J connectivity index is 1.29. The molecule has 27 heavy (non-hydrogen) atoms. The summed E-state index contributed by atoms with van der Waals surface area (Å²) in [5.74, 6) is 0.830. The third kappa shape index (κ3) is 3.86. The van der Waals surface area contributed by atoms with E-state index in [1.54, 1.807) is 30.6 Å². The van der Waals surface area contributed by atoms with Gasteiger partial charge < -0.3 is 14.7 Å². The fraction of sp³-hybridized carbons (Fsp3) is 0.450. The van der Waals surface area contributed by atoms with Gasteiger partial charge in [-0.1, -0.05) is 12.1 Å². The highest BCUT2D eigenvalue weighted by molar-refractivity contribution is 5.79. The Hall–Kier alpha value is -2.70. The summed E-state index contributed by atoms with van der Waals surface area (Å²) in [6.45, 7) is 4.24. The number of para-hydroxylation sites is 1. The van der Waals surface area contributed by atoms with Crippen LogP contribution in [0, 0.1) is 11.7 Å². The first-order valence-corrected chi connectivity index (χ1v) is 9.52. The van der Waals surface area contributed by atoms with Crippen molar-refractivity contribution in [3.63, 3.8) is 0 Å². The highest BCUT2D eigenvalue weighted by atomic mass is 19.1. The lowest BCUT2D eigenvalue weighted by Gasteiger charge is -2.39. The smallest absolute Gasteiger partial charge is 0.225 e. The van der Waals surface area contributed by atoms with E-state index in [2.05, 4.69) is 14.9 Å². The molecule has 2 aliphatic heterocycles. The van der Waals surface area contributed by atoms with Crippen molar-refractivity contribution >= 4 is 17.5 Å². The first kappa shape index (κ1) is 17.7. The number of anilines is 2. The Morgan fingerprint density at radius 1 is 0.889 bits per heavy atom. The van der Waals surface area contributed by atoms with Gasteiger partial charge in [0.2, 0.25) is 11.9 Å². The van der Waals surface area contributed by atoms with Gasteiger partial charge in [-0.2, -0.15) is 0 Å². The van der Waals surface area contributed by atoms with Gasteiger partial charge in [-0.05, 0) is 31.0 Å². The largest absolute Gasteiger partial charge is 0.366 e. The molecule has 7 heteroatoms. The van der Waals surface area contributed by atoms with Crippen LogP contribution in [0.1, 0.15) is 12.8 Å². The minimum Gasteiger partial charge on any atom is -0.366 e. The number of nitrogens with zero attached hydrogens (tertiary/aromatic N) is 5. The average molecular weight is 369 g/mol. The Kier molecular flexibility index (Phi) is 5.18. The molecule has 0 radical (unpaired) electrons. The normalized spacial score (nSPS) is 18.6. The number of rotatable bonds is 3. The molecular weight excluding hydrogens is 345 g/mol. The lowest BCUT2D eigenvalue weighted by molar-refractivity contribution is -0.136. The summed E-state index contributed by atoms with van der Waals surface area (Å²) < 4.78 is 14.0. The molecule has 142 valence electrons. The minimum atomic E-state index is -0.201. The van der Waals surface area contributed by atoms with Gasteiger partial charge in [0.25, 0.3) is 0 Å². The molecule has 0 atom stereocenters. The number of halogens is 1. The van der Waals surface area contributed by atoms with Crippen molar-refractivity contribution in [2.75, 3.05) is 49.1 Å². The molecule has 0 bridgehead atoms. The summed E-state index contributed by atoms with van der Waals surface area (Å²) in [6, 6.07) is 8.64. The predicted octanol–water partition coefficient (Wildman–Crippen LogP) is 2.18. The molecule has 0 saturated carbocycles. The van der Waals surface area contributed by atoms with Gasteiger partial charge >= 0.3 is 0 Å². The molecule has 2 aliphatic rings. The minimum absolute atomic E-state index is 0.0602. The van der Waals surface area contributed by atoms with Crippen molar-refractivity contribution in [2.45, 2.75) is 12.8 Å². The first-order chi connectivity index (χ1) is 13.2. The number of benzene rings is 1. The first-order valence-electron chi connectivity index (χ1n) is 9.52. The van der Waals surface area contributed by atoms with Crippen molar-refractivity contribution in [3.8, 4) is 0 Å². The van der Waals surface area contributed by atoms with E-state index < -0.39 is 0 Å². The van der Waals surface area contributed by atoms with Crippen LogP contribution in [0.15, 0.2) is 42.7 Å². The van der Waals surface area contributed by atoms with E-state index in [4.69, 9.17) is 0 Å². The van der Waals surface area contributed by atoms with Crippen molar-refractivity contribution in [1.29, 1.82) is 0 Å². The SMILES string of the molecule is O=C(C1CCN(c2ncccn2)CC1)N1CCN(c2ccccc2F)CC1. The Labute approximate surface area is 158 Å². The van der Waals surface area contributed by atoms with E-state index in [0.717, 1.165) is 31.9 Å². The van der Waals surface area contributed by atoms with E-state index in [1.165, 1.54) is 6.07 Å². The lowest BCUT2D eigenvalue weighted by atomic mass is 9.95. The standard InChI is InChI=1S/C20H24FN5O/c21-17-4-1-2-5-18(17)24-12-14-25(15-13-24)19(27)16-6-10-26(11-7-16)20-22-8-3-9-23-20/h1-5,8-9,16H,6-7,10-15H2. The van der Waals surface area contributed by atoms with Crippen LogP contribution < -0.4 is 9.80 Å². The number of amides is 1. The molecule has 0 spiro atoms. The number of hydrogen-bond donors (Lipinski definition) is 0. The Morgan fingerprint density at radius 2 is 1.56 bits per heavy atom. The summed E-state index contributed by atoms with van der Waals surface area (Å²) >= 11 is 0. The zero-order valence-corrected chi connectivity index (χ0v) is 15.3. The van der Waals surface area contributed by atoms with Crippen LogP contribution in [-0.4, -0.2) is 60.0 Å². The second-order valence-electron chi connectivity index (χ2n) is 7.07. The van der Waals surface area contributed by atoms with E-state index in [1.807, 2.05) is 15.9 Å². The molecule has 3 heterocycles. The molecule has 6 nitrogen and oxygen atoms in total. The molecule has 2 saturated heterocycles. The lowest BCUT2D eigenvalue weighted by Crippen LogP contribution is -2.52. The zero-order valence-electron chi connectivity index (χ0n) is 15.3. The molecular formula is C20H24FN5O. The summed E-state index contributed by atoms with van der Waals surface area (Å²) in [5.41, 5.74) is 0.626. The number of carbonyl (C=O) groups is 1. The molecule has 1 amide bonds. The van der Waals surface area contributed by atoms with Gasteiger partial charge in [0.1, 0.15) is 5.82 Å². The molecule has 0 aliphatic carbocycles. The van der Waals surface area contributed by atoms with Crippen molar-refractivity contribution in [2.24, 2.45) is 5.92 Å². The highest BCUT2D eigenvalue weighted by Gasteiger charge is 2.31. The number of piperidine rings is 1. The van der Waals surface area contributed by atoms with E-state index in [-0.39, 0.29) is 17.6 Å². The fourth-order valence-corrected chi connectivity index (χ4v) is 3.92. The van der Waals surface area contributed by atoms with E-state index in [9.17, 15) is 9.18 Å². The topological polar surface area (TPSA) is 52.6 Å². The van der Waals surface area contributed by atoms with Crippen molar-refractivity contribution < 1.29 is 9.18 Å². The van der Waals surface area contributed by atoms with Crippen LogP contribution in [0.4, 0.5) is 16.0 Å². The van der Waals surface area contributed by atoms with Gasteiger partial charge in [-0.15, -0.1) is 0 Å². The molecule has 2 aromatic rings. The highest BCUT2D eigenvalue weighted by Crippen LogP contribution is 2.24. The molecule has 1 aromatic carbocycles. The summed E-state index contributed by atoms with van der Waals surface area (Å²) in [6.07, 6.45) is 5.14. The number of hydrogen-bond acceptors (Lipinski definition) is 5. The second-order valence-corrected chi connectivity index (χ2v) is 7.07. The van der Waals surface area contributed by atoms with E-state index >= 15 is 0 Å². The van der Waals surface area contributed by atoms with Gasteiger partial charge in [0.05, 0.1) is 5.69 Å². The van der Waals surface area contributed by atoms with E-state index in [0.29, 0.717) is 31.9 Å². The Bertz CT molecular complexity index is 771. The molecule has 0 unspecified atom stereocenters. The number of carbonyl (C=O) groups excluding carboxylic acids is 1. The van der Waals surface area contributed by atoms with Crippen LogP contribution in [0.2, 0.25) is 0 Å². The molecule has 2 fully saturated rings. The van der Waals surface area contributed by atoms with Crippen molar-refractivity contribution in [3.05, 3.63) is 48.5 Å². The quantitative estimate of drug-likeness (QED) is 0.830. The molecule has 0 N–H and O–H groups in total. The average Bonchev–Trinajstić information content (AvgIpc) is 2.74. The number of aromatic nitrogens is 2. The van der Waals surface area contributed by atoms with Gasteiger partial charge in [0.15, 0.2) is 0 Å². The van der Waals surface area contributed by atoms with Crippen LogP contribution in [0.25, 0.3) is 0 Å². The monoisotopic (exact) mass is 369 g/mol. The van der Waals surface area contributed by atoms with Crippen LogP contribution in [-0.2, 0) is 4.79 Å². The zero-order chi connectivity index (χ0) is 18.6. The molecule has 1 aromatic heterocycles. The fourth-order valence-electron chi connectivity index (χ4n) is 3.92. The maximum Gasteiger partial charge on any atom is 0.225 e. The predicted molar refractivity (Wildman–Crippen MR) is 102 cm³/mol. The number of piperazine rings is 1. The Morgan fingerprint density at radius 3 is 2.22 bits per heavy atom.